The van der Waals surface area contributed by atoms with Crippen molar-refractivity contribution in [2.24, 2.45) is 16.7 Å². The van der Waals surface area contributed by atoms with Gasteiger partial charge in [-0.1, -0.05) is 6.42 Å². The van der Waals surface area contributed by atoms with Gasteiger partial charge < -0.3 is 15.4 Å². The molecule has 4 nitrogen and oxygen atoms in total. The van der Waals surface area contributed by atoms with Crippen LogP contribution in [0.1, 0.15) is 51.9 Å². The van der Waals surface area contributed by atoms with Crippen molar-refractivity contribution in [1.29, 1.82) is 0 Å². The van der Waals surface area contributed by atoms with Crippen molar-refractivity contribution in [2.45, 2.75) is 64.0 Å². The first-order valence-electron chi connectivity index (χ1n) is 8.83. The molecule has 4 aliphatic rings. The molecule has 3 atom stereocenters. The summed E-state index contributed by atoms with van der Waals surface area (Å²) in [5.41, 5.74) is 0.646. The molecule has 0 bridgehead atoms. The molecule has 1 aliphatic heterocycles. The summed E-state index contributed by atoms with van der Waals surface area (Å²) in [5.74, 6) is 0.631. The lowest BCUT2D eigenvalue weighted by atomic mass is 9.51. The predicted octanol–water partition coefficient (Wildman–Crippen LogP) is 1.84. The summed E-state index contributed by atoms with van der Waals surface area (Å²) in [6, 6.07) is 0.384. The van der Waals surface area contributed by atoms with Crippen molar-refractivity contribution < 1.29 is 9.53 Å². The molecular weight excluding hydrogens is 264 g/mol. The van der Waals surface area contributed by atoms with Gasteiger partial charge in [-0.05, 0) is 64.0 Å². The van der Waals surface area contributed by atoms with E-state index in [1.807, 2.05) is 0 Å². The summed E-state index contributed by atoms with van der Waals surface area (Å²) in [7, 11) is 0. The molecule has 0 radical (unpaired) electrons. The van der Waals surface area contributed by atoms with Crippen LogP contribution in [0.3, 0.4) is 0 Å². The largest absolute Gasteiger partial charge is 0.378 e. The lowest BCUT2D eigenvalue weighted by Gasteiger charge is -2.61. The summed E-state index contributed by atoms with van der Waals surface area (Å²) in [5, 5.41) is 6.80. The third kappa shape index (κ3) is 2.06. The number of amides is 1. The van der Waals surface area contributed by atoms with Gasteiger partial charge in [-0.2, -0.15) is 0 Å². The minimum Gasteiger partial charge on any atom is -0.378 e. The number of rotatable bonds is 4. The van der Waals surface area contributed by atoms with E-state index in [4.69, 9.17) is 4.74 Å². The Morgan fingerprint density at radius 2 is 2.05 bits per heavy atom. The van der Waals surface area contributed by atoms with Crippen LogP contribution in [0.15, 0.2) is 0 Å². The normalized spacial score (nSPS) is 38.6. The summed E-state index contributed by atoms with van der Waals surface area (Å²) in [6.07, 6.45) is 8.69. The minimum atomic E-state index is 0.293. The van der Waals surface area contributed by atoms with Crippen LogP contribution in [0.25, 0.3) is 0 Å². The molecule has 2 N–H and O–H groups in total. The Morgan fingerprint density at radius 3 is 2.67 bits per heavy atom. The van der Waals surface area contributed by atoms with Crippen LogP contribution in [-0.4, -0.2) is 37.7 Å². The molecule has 118 valence electrons. The van der Waals surface area contributed by atoms with Gasteiger partial charge in [0.15, 0.2) is 0 Å². The second kappa shape index (κ2) is 4.95. The highest BCUT2D eigenvalue weighted by atomic mass is 16.5. The van der Waals surface area contributed by atoms with Gasteiger partial charge in [-0.3, -0.25) is 4.79 Å². The average molecular weight is 292 g/mol. The van der Waals surface area contributed by atoms with Gasteiger partial charge >= 0.3 is 0 Å². The van der Waals surface area contributed by atoms with E-state index in [1.54, 1.807) is 0 Å². The van der Waals surface area contributed by atoms with E-state index in [9.17, 15) is 4.79 Å². The number of nitrogens with one attached hydrogen (secondary N) is 2. The molecule has 4 rings (SSSR count). The van der Waals surface area contributed by atoms with E-state index in [1.165, 1.54) is 32.1 Å². The maximum absolute atomic E-state index is 12.6. The Morgan fingerprint density at radius 1 is 1.29 bits per heavy atom. The van der Waals surface area contributed by atoms with Crippen LogP contribution in [-0.2, 0) is 9.53 Å². The van der Waals surface area contributed by atoms with Gasteiger partial charge in [-0.15, -0.1) is 0 Å². The molecule has 2 spiro atoms. The monoisotopic (exact) mass is 292 g/mol. The maximum atomic E-state index is 12.6. The lowest BCUT2D eigenvalue weighted by molar-refractivity contribution is -0.176. The first-order chi connectivity index (χ1) is 10.2. The van der Waals surface area contributed by atoms with E-state index < -0.39 is 0 Å². The quantitative estimate of drug-likeness (QED) is 0.831. The van der Waals surface area contributed by atoms with E-state index in [2.05, 4.69) is 17.6 Å². The first-order valence-corrected chi connectivity index (χ1v) is 8.83. The molecule has 21 heavy (non-hydrogen) atoms. The smallest absolute Gasteiger partial charge is 0.223 e. The number of hydrogen-bond acceptors (Lipinski definition) is 3. The summed E-state index contributed by atoms with van der Waals surface area (Å²) in [4.78, 5) is 12.6. The Balaban J connectivity index is 1.34. The lowest BCUT2D eigenvalue weighted by Crippen LogP contribution is -2.67. The number of hydrogen-bond donors (Lipinski definition) is 2. The third-order valence-electron chi connectivity index (χ3n) is 6.86. The van der Waals surface area contributed by atoms with Gasteiger partial charge in [0.25, 0.3) is 0 Å². The number of ether oxygens (including phenoxy) is 1. The van der Waals surface area contributed by atoms with Crippen LogP contribution < -0.4 is 10.6 Å². The minimum absolute atomic E-state index is 0.293. The highest BCUT2D eigenvalue weighted by Crippen LogP contribution is 2.60. The summed E-state index contributed by atoms with van der Waals surface area (Å²) in [6.45, 7) is 5.04. The third-order valence-corrected chi connectivity index (χ3v) is 6.86. The predicted molar refractivity (Wildman–Crippen MR) is 80.9 cm³/mol. The van der Waals surface area contributed by atoms with Gasteiger partial charge in [0.05, 0.1) is 6.10 Å². The molecule has 3 saturated carbocycles. The molecule has 0 aromatic rings. The van der Waals surface area contributed by atoms with Crippen molar-refractivity contribution in [3.8, 4) is 0 Å². The summed E-state index contributed by atoms with van der Waals surface area (Å²) >= 11 is 0. The topological polar surface area (TPSA) is 50.4 Å². The van der Waals surface area contributed by atoms with Crippen LogP contribution in [0.2, 0.25) is 0 Å². The molecular formula is C17H28N2O2. The van der Waals surface area contributed by atoms with Crippen molar-refractivity contribution in [3.63, 3.8) is 0 Å². The van der Waals surface area contributed by atoms with E-state index in [0.717, 1.165) is 32.5 Å². The van der Waals surface area contributed by atoms with Crippen LogP contribution in [0.5, 0.6) is 0 Å². The molecule has 3 unspecified atom stereocenters. The van der Waals surface area contributed by atoms with Crippen LogP contribution in [0.4, 0.5) is 0 Å². The fraction of sp³-hybridized carbons (Fsp3) is 0.941. The fourth-order valence-corrected chi connectivity index (χ4v) is 5.11. The van der Waals surface area contributed by atoms with Crippen molar-refractivity contribution >= 4 is 5.91 Å². The summed E-state index contributed by atoms with van der Waals surface area (Å²) < 4.78 is 5.87. The Bertz CT molecular complexity index is 427. The molecule has 3 aliphatic carbocycles. The number of piperidine rings is 1. The Hall–Kier alpha value is -0.610. The Kier molecular flexibility index (Phi) is 3.30. The Labute approximate surface area is 127 Å². The zero-order valence-electron chi connectivity index (χ0n) is 13.1. The molecule has 1 saturated heterocycles. The molecule has 4 heteroatoms. The number of carbonyl (C=O) groups is 1. The highest BCUT2D eigenvalue weighted by molar-refractivity contribution is 5.83. The van der Waals surface area contributed by atoms with Gasteiger partial charge in [0, 0.05) is 24.0 Å². The second-order valence-corrected chi connectivity index (χ2v) is 7.70. The first kappa shape index (κ1) is 14.0. The van der Waals surface area contributed by atoms with E-state index in [-0.39, 0.29) is 0 Å². The zero-order chi connectivity index (χ0) is 14.5. The molecule has 1 heterocycles. The van der Waals surface area contributed by atoms with Crippen LogP contribution in [0, 0.1) is 16.7 Å². The van der Waals surface area contributed by atoms with E-state index in [0.29, 0.717) is 34.8 Å². The van der Waals surface area contributed by atoms with Gasteiger partial charge in [-0.25, -0.2) is 0 Å². The number of carbonyl (C=O) groups excluding carboxylic acids is 1. The van der Waals surface area contributed by atoms with Crippen molar-refractivity contribution in [1.82, 2.24) is 10.6 Å². The standard InChI is InChI=1S/C17H28N2O2/c1-2-21-14-10-13(17(14)4-3-5-17)19-15(20)12-11-16(12)6-8-18-9-7-16/h12-14,18H,2-11H2,1H3,(H,19,20). The SMILES string of the molecule is CCOC1CC(NC(=O)C2CC23CCNCC3)C12CCC2. The van der Waals surface area contributed by atoms with Crippen molar-refractivity contribution in [2.75, 3.05) is 19.7 Å². The zero-order valence-corrected chi connectivity index (χ0v) is 13.1. The average Bonchev–Trinajstić information content (AvgIpc) is 3.10. The van der Waals surface area contributed by atoms with Gasteiger partial charge in [0.2, 0.25) is 5.91 Å². The van der Waals surface area contributed by atoms with Gasteiger partial charge in [0.1, 0.15) is 0 Å². The molecule has 0 aromatic carbocycles. The second-order valence-electron chi connectivity index (χ2n) is 7.70. The molecule has 0 aromatic heterocycles. The maximum Gasteiger partial charge on any atom is 0.223 e. The molecule has 4 fully saturated rings. The fourth-order valence-electron chi connectivity index (χ4n) is 5.11. The van der Waals surface area contributed by atoms with E-state index >= 15 is 0 Å². The van der Waals surface area contributed by atoms with Crippen LogP contribution >= 0.6 is 0 Å². The molecule has 1 amide bonds. The highest BCUT2D eigenvalue weighted by Gasteiger charge is 2.62. The van der Waals surface area contributed by atoms with Crippen molar-refractivity contribution in [3.05, 3.63) is 0 Å².